The number of halogens is 3. The molecule has 0 amide bonds. The Morgan fingerprint density at radius 1 is 1.29 bits per heavy atom. The van der Waals surface area contributed by atoms with Crippen molar-refractivity contribution < 1.29 is 18.3 Å². The average molecular weight is 317 g/mol. The fraction of sp³-hybridized carbons (Fsp3) is 0.385. The number of hydrogen-bond acceptors (Lipinski definition) is 4. The van der Waals surface area contributed by atoms with Gasteiger partial charge in [-0.3, -0.25) is 4.68 Å². The molecule has 1 unspecified atom stereocenters. The molecule has 0 aliphatic heterocycles. The van der Waals surface area contributed by atoms with E-state index in [1.807, 2.05) is 6.92 Å². The molecule has 0 bridgehead atoms. The number of aromatic nitrogens is 3. The van der Waals surface area contributed by atoms with E-state index >= 15 is 0 Å². The summed E-state index contributed by atoms with van der Waals surface area (Å²) in [6, 6.07) is 5.68. The van der Waals surface area contributed by atoms with Crippen LogP contribution in [0.1, 0.15) is 24.4 Å². The number of alkyl halides is 3. The summed E-state index contributed by atoms with van der Waals surface area (Å²) in [5.41, 5.74) is -3.76. The molecule has 0 aliphatic rings. The average Bonchev–Trinajstić information content (AvgIpc) is 2.85. The van der Waals surface area contributed by atoms with E-state index in [0.29, 0.717) is 17.9 Å². The van der Waals surface area contributed by atoms with Crippen molar-refractivity contribution >= 4 is 11.8 Å². The van der Waals surface area contributed by atoms with Crippen molar-refractivity contribution in [2.24, 2.45) is 0 Å². The molecule has 0 aliphatic carbocycles. The lowest BCUT2D eigenvalue weighted by Gasteiger charge is -2.12. The standard InChI is InChI=1S/C13H14F3N3OS/c1-2-19-12(17-8-18-19)7-11(20)9-3-5-10(6-4-9)21-13(14,15)16/h3-6,8,11,20H,2,7H2,1H3. The van der Waals surface area contributed by atoms with E-state index in [1.165, 1.54) is 30.6 Å². The Kier molecular flexibility index (Phi) is 4.89. The second kappa shape index (κ2) is 6.48. The van der Waals surface area contributed by atoms with Crippen LogP contribution in [0.4, 0.5) is 13.2 Å². The molecule has 8 heteroatoms. The molecule has 114 valence electrons. The zero-order valence-corrected chi connectivity index (χ0v) is 12.0. The number of aliphatic hydroxyl groups is 1. The van der Waals surface area contributed by atoms with Gasteiger partial charge in [0.2, 0.25) is 0 Å². The third kappa shape index (κ3) is 4.47. The summed E-state index contributed by atoms with van der Waals surface area (Å²) >= 11 is -0.176. The molecule has 2 aromatic rings. The van der Waals surface area contributed by atoms with Gasteiger partial charge in [-0.25, -0.2) is 4.98 Å². The molecule has 1 aromatic carbocycles. The number of rotatable bonds is 5. The minimum absolute atomic E-state index is 0.0928. The zero-order valence-electron chi connectivity index (χ0n) is 11.2. The monoisotopic (exact) mass is 317 g/mol. The minimum Gasteiger partial charge on any atom is -0.388 e. The van der Waals surface area contributed by atoms with E-state index in [9.17, 15) is 18.3 Å². The third-order valence-corrected chi connectivity index (χ3v) is 3.61. The van der Waals surface area contributed by atoms with Crippen LogP contribution in [0.3, 0.4) is 0 Å². The lowest BCUT2D eigenvalue weighted by molar-refractivity contribution is -0.0328. The Hall–Kier alpha value is -1.54. The summed E-state index contributed by atoms with van der Waals surface area (Å²) in [6.07, 6.45) is 0.846. The van der Waals surface area contributed by atoms with Gasteiger partial charge in [-0.15, -0.1) is 0 Å². The summed E-state index contributed by atoms with van der Waals surface area (Å²) in [7, 11) is 0. The van der Waals surface area contributed by atoms with Gasteiger partial charge in [0.05, 0.1) is 6.10 Å². The van der Waals surface area contributed by atoms with Crippen molar-refractivity contribution in [1.82, 2.24) is 14.8 Å². The normalized spacial score (nSPS) is 13.4. The van der Waals surface area contributed by atoms with E-state index in [-0.39, 0.29) is 23.1 Å². The molecule has 2 rings (SSSR count). The maximum atomic E-state index is 12.2. The molecule has 1 N–H and O–H groups in total. The highest BCUT2D eigenvalue weighted by atomic mass is 32.2. The van der Waals surface area contributed by atoms with E-state index < -0.39 is 11.6 Å². The van der Waals surface area contributed by atoms with Crippen LogP contribution in [0.25, 0.3) is 0 Å². The molecule has 0 radical (unpaired) electrons. The smallest absolute Gasteiger partial charge is 0.388 e. The summed E-state index contributed by atoms with van der Waals surface area (Å²) in [6.45, 7) is 2.55. The van der Waals surface area contributed by atoms with Crippen LogP contribution in [0, 0.1) is 0 Å². The number of aryl methyl sites for hydroxylation is 1. The second-order valence-corrected chi connectivity index (χ2v) is 5.47. The van der Waals surface area contributed by atoms with Gasteiger partial charge in [-0.2, -0.15) is 18.3 Å². The number of thioether (sulfide) groups is 1. The Morgan fingerprint density at radius 3 is 2.52 bits per heavy atom. The minimum atomic E-state index is -4.31. The fourth-order valence-electron chi connectivity index (χ4n) is 1.89. The van der Waals surface area contributed by atoms with E-state index in [0.717, 1.165) is 0 Å². The van der Waals surface area contributed by atoms with Crippen molar-refractivity contribution in [2.45, 2.75) is 36.4 Å². The van der Waals surface area contributed by atoms with Crippen LogP contribution in [-0.2, 0) is 13.0 Å². The van der Waals surface area contributed by atoms with Gasteiger partial charge in [0.25, 0.3) is 0 Å². The first-order chi connectivity index (χ1) is 9.89. The maximum absolute atomic E-state index is 12.2. The van der Waals surface area contributed by atoms with Crippen LogP contribution in [0.5, 0.6) is 0 Å². The highest BCUT2D eigenvalue weighted by Gasteiger charge is 2.29. The zero-order chi connectivity index (χ0) is 15.5. The first-order valence-corrected chi connectivity index (χ1v) is 7.11. The van der Waals surface area contributed by atoms with E-state index in [1.54, 1.807) is 4.68 Å². The van der Waals surface area contributed by atoms with Crippen LogP contribution in [0.2, 0.25) is 0 Å². The first-order valence-electron chi connectivity index (χ1n) is 6.29. The van der Waals surface area contributed by atoms with Crippen molar-refractivity contribution in [3.63, 3.8) is 0 Å². The molecule has 0 saturated heterocycles. The molecule has 1 heterocycles. The number of hydrogen-bond donors (Lipinski definition) is 1. The van der Waals surface area contributed by atoms with Gasteiger partial charge in [0.1, 0.15) is 12.2 Å². The van der Waals surface area contributed by atoms with Gasteiger partial charge < -0.3 is 5.11 Å². The van der Waals surface area contributed by atoms with Crippen molar-refractivity contribution in [3.05, 3.63) is 42.0 Å². The highest BCUT2D eigenvalue weighted by molar-refractivity contribution is 8.00. The maximum Gasteiger partial charge on any atom is 0.446 e. The SMILES string of the molecule is CCn1ncnc1CC(O)c1ccc(SC(F)(F)F)cc1. The summed E-state index contributed by atoms with van der Waals surface area (Å²) in [5.74, 6) is 0.638. The first kappa shape index (κ1) is 15.8. The molecule has 1 aromatic heterocycles. The lowest BCUT2D eigenvalue weighted by atomic mass is 10.1. The molecule has 21 heavy (non-hydrogen) atoms. The third-order valence-electron chi connectivity index (χ3n) is 2.87. The molecule has 4 nitrogen and oxygen atoms in total. The molecular formula is C13H14F3N3OS. The highest BCUT2D eigenvalue weighted by Crippen LogP contribution is 2.37. The van der Waals surface area contributed by atoms with Crippen molar-refractivity contribution in [2.75, 3.05) is 0 Å². The number of benzene rings is 1. The Morgan fingerprint density at radius 2 is 1.95 bits per heavy atom. The Balaban J connectivity index is 2.04. The van der Waals surface area contributed by atoms with Gasteiger partial charge in [0.15, 0.2) is 0 Å². The predicted octanol–water partition coefficient (Wildman–Crippen LogP) is 3.19. The Labute approximate surface area is 124 Å². The van der Waals surface area contributed by atoms with Gasteiger partial charge >= 0.3 is 5.51 Å². The molecule has 0 fully saturated rings. The van der Waals surface area contributed by atoms with Crippen LogP contribution in [0.15, 0.2) is 35.5 Å². The fourth-order valence-corrected chi connectivity index (χ4v) is 2.43. The quantitative estimate of drug-likeness (QED) is 0.861. The molecule has 0 saturated carbocycles. The molecule has 1 atom stereocenters. The lowest BCUT2D eigenvalue weighted by Crippen LogP contribution is -2.09. The summed E-state index contributed by atoms with van der Waals surface area (Å²) in [4.78, 5) is 4.15. The molecule has 0 spiro atoms. The van der Waals surface area contributed by atoms with Crippen molar-refractivity contribution in [1.29, 1.82) is 0 Å². The van der Waals surface area contributed by atoms with Crippen LogP contribution < -0.4 is 0 Å². The predicted molar refractivity (Wildman–Crippen MR) is 72.7 cm³/mol. The summed E-state index contributed by atoms with van der Waals surface area (Å²) in [5, 5.41) is 14.1. The van der Waals surface area contributed by atoms with Crippen LogP contribution >= 0.6 is 11.8 Å². The van der Waals surface area contributed by atoms with E-state index in [4.69, 9.17) is 0 Å². The largest absolute Gasteiger partial charge is 0.446 e. The number of nitrogens with zero attached hydrogens (tertiary/aromatic N) is 3. The van der Waals surface area contributed by atoms with Gasteiger partial charge in [-0.1, -0.05) is 12.1 Å². The van der Waals surface area contributed by atoms with Gasteiger partial charge in [0, 0.05) is 17.9 Å². The summed E-state index contributed by atoms with van der Waals surface area (Å²) < 4.78 is 38.4. The van der Waals surface area contributed by atoms with Crippen molar-refractivity contribution in [3.8, 4) is 0 Å². The topological polar surface area (TPSA) is 50.9 Å². The van der Waals surface area contributed by atoms with Crippen LogP contribution in [-0.4, -0.2) is 25.4 Å². The van der Waals surface area contributed by atoms with E-state index in [2.05, 4.69) is 10.1 Å². The number of aliphatic hydroxyl groups excluding tert-OH is 1. The van der Waals surface area contributed by atoms with Gasteiger partial charge in [-0.05, 0) is 36.4 Å². The second-order valence-electron chi connectivity index (χ2n) is 4.33. The molecular weight excluding hydrogens is 303 g/mol. The Bertz CT molecular complexity index is 583.